The first-order valence-corrected chi connectivity index (χ1v) is 6.74. The molecule has 3 rings (SSSR count). The minimum atomic E-state index is -0.440. The summed E-state index contributed by atoms with van der Waals surface area (Å²) in [6.07, 6.45) is 0. The lowest BCUT2D eigenvalue weighted by Crippen LogP contribution is -2.26. The molecular weight excluding hydrogens is 262 g/mol. The van der Waals surface area contributed by atoms with Gasteiger partial charge in [-0.2, -0.15) is 5.06 Å². The highest BCUT2D eigenvalue weighted by Crippen LogP contribution is 2.19. The Labute approximate surface area is 123 Å². The van der Waals surface area contributed by atoms with Gasteiger partial charge in [-0.3, -0.25) is 10.0 Å². The molecule has 0 saturated heterocycles. The SMILES string of the molecule is Cc1ccc(N(O)C(=O)c2ccc3ccccc3c2)cc1. The third kappa shape index (κ3) is 2.64. The zero-order valence-electron chi connectivity index (χ0n) is 11.7. The van der Waals surface area contributed by atoms with Crippen molar-refractivity contribution in [3.05, 3.63) is 77.9 Å². The third-order valence-electron chi connectivity index (χ3n) is 3.47. The van der Waals surface area contributed by atoms with E-state index in [9.17, 15) is 10.0 Å². The predicted octanol–water partition coefficient (Wildman–Crippen LogP) is 4.18. The molecule has 104 valence electrons. The lowest BCUT2D eigenvalue weighted by Gasteiger charge is -2.15. The Morgan fingerprint density at radius 3 is 2.29 bits per heavy atom. The lowest BCUT2D eigenvalue weighted by molar-refractivity contribution is 0.0855. The van der Waals surface area contributed by atoms with E-state index in [4.69, 9.17) is 0 Å². The Balaban J connectivity index is 1.94. The third-order valence-corrected chi connectivity index (χ3v) is 3.47. The maximum Gasteiger partial charge on any atom is 0.282 e. The number of carbonyl (C=O) groups excluding carboxylic acids is 1. The number of anilines is 1. The fraction of sp³-hybridized carbons (Fsp3) is 0.0556. The molecule has 1 amide bonds. The van der Waals surface area contributed by atoms with Gasteiger partial charge in [0.05, 0.1) is 5.69 Å². The van der Waals surface area contributed by atoms with Gasteiger partial charge in [-0.1, -0.05) is 48.0 Å². The normalized spacial score (nSPS) is 10.6. The predicted molar refractivity (Wildman–Crippen MR) is 83.7 cm³/mol. The van der Waals surface area contributed by atoms with Gasteiger partial charge < -0.3 is 0 Å². The first-order chi connectivity index (χ1) is 10.1. The van der Waals surface area contributed by atoms with Gasteiger partial charge >= 0.3 is 0 Å². The van der Waals surface area contributed by atoms with E-state index >= 15 is 0 Å². The number of benzene rings is 3. The van der Waals surface area contributed by atoms with E-state index in [2.05, 4.69) is 0 Å². The lowest BCUT2D eigenvalue weighted by atomic mass is 10.1. The molecule has 3 aromatic rings. The van der Waals surface area contributed by atoms with E-state index in [0.29, 0.717) is 16.3 Å². The summed E-state index contributed by atoms with van der Waals surface area (Å²) >= 11 is 0. The zero-order valence-corrected chi connectivity index (χ0v) is 11.7. The fourth-order valence-electron chi connectivity index (χ4n) is 2.25. The molecule has 0 saturated carbocycles. The summed E-state index contributed by atoms with van der Waals surface area (Å²) in [4.78, 5) is 12.3. The number of hydrogen-bond donors (Lipinski definition) is 1. The molecule has 0 bridgehead atoms. The molecule has 0 aromatic heterocycles. The molecular formula is C18H15NO2. The van der Waals surface area contributed by atoms with Crippen molar-refractivity contribution in [3.8, 4) is 0 Å². The summed E-state index contributed by atoms with van der Waals surface area (Å²) in [6.45, 7) is 1.96. The first kappa shape index (κ1) is 13.3. The van der Waals surface area contributed by atoms with Gasteiger partial charge in [-0.15, -0.1) is 0 Å². The number of amides is 1. The van der Waals surface area contributed by atoms with E-state index < -0.39 is 5.91 Å². The molecule has 3 nitrogen and oxygen atoms in total. The second-order valence-electron chi connectivity index (χ2n) is 5.01. The van der Waals surface area contributed by atoms with Gasteiger partial charge in [-0.25, -0.2) is 0 Å². The maximum absolute atomic E-state index is 12.3. The highest BCUT2D eigenvalue weighted by atomic mass is 16.5. The van der Waals surface area contributed by atoms with Crippen LogP contribution >= 0.6 is 0 Å². The number of fused-ring (bicyclic) bond motifs is 1. The average Bonchev–Trinajstić information content (AvgIpc) is 2.54. The molecule has 3 aromatic carbocycles. The van der Waals surface area contributed by atoms with Crippen LogP contribution in [0.3, 0.4) is 0 Å². The highest BCUT2D eigenvalue weighted by Gasteiger charge is 2.15. The Bertz CT molecular complexity index is 794. The van der Waals surface area contributed by atoms with Crippen molar-refractivity contribution in [2.24, 2.45) is 0 Å². The summed E-state index contributed by atoms with van der Waals surface area (Å²) in [5.41, 5.74) is 1.99. The van der Waals surface area contributed by atoms with Gasteiger partial charge in [0.1, 0.15) is 0 Å². The topological polar surface area (TPSA) is 40.5 Å². The van der Waals surface area contributed by atoms with Crippen molar-refractivity contribution in [2.45, 2.75) is 6.92 Å². The smallest absolute Gasteiger partial charge is 0.281 e. The van der Waals surface area contributed by atoms with Crippen LogP contribution in [0, 0.1) is 6.92 Å². The van der Waals surface area contributed by atoms with Crippen LogP contribution < -0.4 is 5.06 Å². The van der Waals surface area contributed by atoms with Crippen molar-refractivity contribution in [2.75, 3.05) is 5.06 Å². The van der Waals surface area contributed by atoms with Crippen molar-refractivity contribution in [3.63, 3.8) is 0 Å². The molecule has 1 N–H and O–H groups in total. The fourth-order valence-corrected chi connectivity index (χ4v) is 2.25. The summed E-state index contributed by atoms with van der Waals surface area (Å²) in [5.74, 6) is -0.440. The number of carbonyl (C=O) groups is 1. The Morgan fingerprint density at radius 1 is 0.905 bits per heavy atom. The van der Waals surface area contributed by atoms with Crippen LogP contribution in [0.4, 0.5) is 5.69 Å². The van der Waals surface area contributed by atoms with Gasteiger partial charge in [0, 0.05) is 5.56 Å². The Hall–Kier alpha value is -2.65. The summed E-state index contributed by atoms with van der Waals surface area (Å²) in [6, 6.07) is 20.3. The van der Waals surface area contributed by atoms with Crippen LogP contribution in [0.5, 0.6) is 0 Å². The largest absolute Gasteiger partial charge is 0.282 e. The number of hydroxylamine groups is 1. The minimum absolute atomic E-state index is 0.440. The molecule has 0 heterocycles. The molecule has 0 atom stereocenters. The van der Waals surface area contributed by atoms with Crippen molar-refractivity contribution < 1.29 is 10.0 Å². The molecule has 3 heteroatoms. The van der Waals surface area contributed by atoms with Crippen LogP contribution in [0.2, 0.25) is 0 Å². The van der Waals surface area contributed by atoms with E-state index in [0.717, 1.165) is 16.3 Å². The molecule has 0 spiro atoms. The molecule has 0 aliphatic rings. The average molecular weight is 277 g/mol. The number of hydrogen-bond acceptors (Lipinski definition) is 2. The number of rotatable bonds is 2. The highest BCUT2D eigenvalue weighted by molar-refractivity contribution is 6.06. The summed E-state index contributed by atoms with van der Waals surface area (Å²) in [5, 5.41) is 12.8. The number of aryl methyl sites for hydroxylation is 1. The van der Waals surface area contributed by atoms with Crippen LogP contribution in [0.1, 0.15) is 15.9 Å². The maximum atomic E-state index is 12.3. The quantitative estimate of drug-likeness (QED) is 0.563. The van der Waals surface area contributed by atoms with Crippen LogP contribution in [-0.2, 0) is 0 Å². The molecule has 0 aliphatic carbocycles. The van der Waals surface area contributed by atoms with Gasteiger partial charge in [0.25, 0.3) is 5.91 Å². The van der Waals surface area contributed by atoms with E-state index in [1.165, 1.54) is 0 Å². The summed E-state index contributed by atoms with van der Waals surface area (Å²) in [7, 11) is 0. The van der Waals surface area contributed by atoms with E-state index in [1.807, 2.05) is 49.4 Å². The van der Waals surface area contributed by atoms with Gasteiger partial charge in [-0.05, 0) is 42.0 Å². The monoisotopic (exact) mass is 277 g/mol. The standard InChI is InChI=1S/C18H15NO2/c1-13-6-10-17(11-7-13)19(21)18(20)16-9-8-14-4-2-3-5-15(14)12-16/h2-12,21H,1H3. The molecule has 0 aliphatic heterocycles. The molecule has 0 radical (unpaired) electrons. The molecule has 0 unspecified atom stereocenters. The van der Waals surface area contributed by atoms with E-state index in [-0.39, 0.29) is 0 Å². The van der Waals surface area contributed by atoms with Gasteiger partial charge in [0.15, 0.2) is 0 Å². The minimum Gasteiger partial charge on any atom is -0.281 e. The van der Waals surface area contributed by atoms with Gasteiger partial charge in [0.2, 0.25) is 0 Å². The van der Waals surface area contributed by atoms with Crippen LogP contribution in [0.15, 0.2) is 66.7 Å². The van der Waals surface area contributed by atoms with E-state index in [1.54, 1.807) is 24.3 Å². The van der Waals surface area contributed by atoms with Crippen molar-refractivity contribution in [1.82, 2.24) is 0 Å². The first-order valence-electron chi connectivity index (χ1n) is 6.74. The van der Waals surface area contributed by atoms with Crippen LogP contribution in [-0.4, -0.2) is 11.1 Å². The van der Waals surface area contributed by atoms with Crippen molar-refractivity contribution >= 4 is 22.4 Å². The Kier molecular flexibility index (Phi) is 3.42. The zero-order chi connectivity index (χ0) is 14.8. The van der Waals surface area contributed by atoms with Crippen LogP contribution in [0.25, 0.3) is 10.8 Å². The molecule has 21 heavy (non-hydrogen) atoms. The second-order valence-corrected chi connectivity index (χ2v) is 5.01. The number of nitrogens with zero attached hydrogens (tertiary/aromatic N) is 1. The Morgan fingerprint density at radius 2 is 1.57 bits per heavy atom. The van der Waals surface area contributed by atoms with Crippen molar-refractivity contribution in [1.29, 1.82) is 0 Å². The second kappa shape index (κ2) is 5.38. The summed E-state index contributed by atoms with van der Waals surface area (Å²) < 4.78 is 0. The molecule has 0 fully saturated rings.